The van der Waals surface area contributed by atoms with Gasteiger partial charge in [-0.15, -0.1) is 21.5 Å². The minimum Gasteiger partial charge on any atom is -0.349 e. The Morgan fingerprint density at radius 1 is 1.09 bits per heavy atom. The molecule has 5 nitrogen and oxygen atoms in total. The maximum atomic E-state index is 12.5. The van der Waals surface area contributed by atoms with Crippen molar-refractivity contribution < 1.29 is 4.79 Å². The molecule has 0 spiro atoms. The molecule has 4 rings (SSSR count). The van der Waals surface area contributed by atoms with E-state index in [9.17, 15) is 4.79 Å². The van der Waals surface area contributed by atoms with Crippen LogP contribution in [0, 0.1) is 6.92 Å². The first-order valence-electron chi connectivity index (χ1n) is 10.6. The summed E-state index contributed by atoms with van der Waals surface area (Å²) in [5.74, 6) is 1.12. The number of thioether (sulfide) groups is 1. The molecule has 4 aromatic rings. The predicted molar refractivity (Wildman–Crippen MR) is 133 cm³/mol. The van der Waals surface area contributed by atoms with E-state index in [-0.39, 0.29) is 11.9 Å². The number of nitrogens with one attached hydrogen (secondary N) is 1. The Morgan fingerprint density at radius 3 is 2.47 bits per heavy atom. The molecule has 1 atom stereocenters. The fraction of sp³-hybridized carbons (Fsp3) is 0.240. The zero-order valence-electron chi connectivity index (χ0n) is 18.4. The van der Waals surface area contributed by atoms with Crippen LogP contribution < -0.4 is 5.32 Å². The zero-order valence-corrected chi connectivity index (χ0v) is 20.0. The Kier molecular flexibility index (Phi) is 7.07. The summed E-state index contributed by atoms with van der Waals surface area (Å²) in [5, 5.41) is 14.9. The van der Waals surface area contributed by atoms with Gasteiger partial charge < -0.3 is 9.88 Å². The second-order valence-corrected chi connectivity index (χ2v) is 9.51. The standard InChI is InChI=1S/C25H26N4OS2/c1-4-29-24(21-15-31-18(3)23(21)20-13-9-6-10-14-20)27-28-25(29)32-16-22(30)26-17(2)19-11-7-5-8-12-19/h5-15,17H,4,16H2,1-3H3,(H,26,30). The lowest BCUT2D eigenvalue weighted by molar-refractivity contribution is -0.119. The van der Waals surface area contributed by atoms with Gasteiger partial charge in [0.2, 0.25) is 5.91 Å². The molecule has 2 heterocycles. The van der Waals surface area contributed by atoms with Gasteiger partial charge >= 0.3 is 0 Å². The third-order valence-corrected chi connectivity index (χ3v) is 7.20. The van der Waals surface area contributed by atoms with Gasteiger partial charge in [-0.3, -0.25) is 4.79 Å². The van der Waals surface area contributed by atoms with E-state index in [4.69, 9.17) is 0 Å². The summed E-state index contributed by atoms with van der Waals surface area (Å²) < 4.78 is 2.09. The summed E-state index contributed by atoms with van der Waals surface area (Å²) in [7, 11) is 0. The molecule has 164 valence electrons. The monoisotopic (exact) mass is 462 g/mol. The average molecular weight is 463 g/mol. The molecular weight excluding hydrogens is 436 g/mol. The van der Waals surface area contributed by atoms with Crippen LogP contribution in [0.15, 0.2) is 71.2 Å². The van der Waals surface area contributed by atoms with E-state index in [2.05, 4.69) is 63.6 Å². The molecule has 1 N–H and O–H groups in total. The SMILES string of the molecule is CCn1c(SCC(=O)NC(C)c2ccccc2)nnc1-c1csc(C)c1-c1ccccc1. The number of aryl methyl sites for hydroxylation is 1. The smallest absolute Gasteiger partial charge is 0.230 e. The van der Waals surface area contributed by atoms with Crippen molar-refractivity contribution in [3.8, 4) is 22.5 Å². The third kappa shape index (κ3) is 4.79. The van der Waals surface area contributed by atoms with Gasteiger partial charge in [-0.25, -0.2) is 0 Å². The van der Waals surface area contributed by atoms with Crippen LogP contribution in [0.4, 0.5) is 0 Å². The minimum absolute atomic E-state index is 0.0186. The molecule has 1 amide bonds. The highest BCUT2D eigenvalue weighted by atomic mass is 32.2. The lowest BCUT2D eigenvalue weighted by Gasteiger charge is -2.14. The van der Waals surface area contributed by atoms with Gasteiger partial charge in [0.15, 0.2) is 11.0 Å². The number of carbonyl (C=O) groups excluding carboxylic acids is 1. The maximum Gasteiger partial charge on any atom is 0.230 e. The number of benzene rings is 2. The van der Waals surface area contributed by atoms with Crippen LogP contribution in [0.3, 0.4) is 0 Å². The summed E-state index contributed by atoms with van der Waals surface area (Å²) in [6, 6.07) is 20.3. The van der Waals surface area contributed by atoms with Crippen molar-refractivity contribution in [1.82, 2.24) is 20.1 Å². The molecule has 0 aliphatic heterocycles. The number of amides is 1. The fourth-order valence-corrected chi connectivity index (χ4v) is 5.38. The van der Waals surface area contributed by atoms with Crippen molar-refractivity contribution in [1.29, 1.82) is 0 Å². The van der Waals surface area contributed by atoms with Crippen LogP contribution in [-0.4, -0.2) is 26.4 Å². The second-order valence-electron chi connectivity index (χ2n) is 7.49. The fourth-order valence-electron chi connectivity index (χ4n) is 3.70. The Hall–Kier alpha value is -2.90. The maximum absolute atomic E-state index is 12.5. The quantitative estimate of drug-likeness (QED) is 0.328. The largest absolute Gasteiger partial charge is 0.349 e. The molecule has 0 fully saturated rings. The Balaban J connectivity index is 1.51. The van der Waals surface area contributed by atoms with Gasteiger partial charge in [0.25, 0.3) is 0 Å². The van der Waals surface area contributed by atoms with Crippen molar-refractivity contribution in [3.63, 3.8) is 0 Å². The summed E-state index contributed by atoms with van der Waals surface area (Å²) in [6.07, 6.45) is 0. The van der Waals surface area contributed by atoms with Crippen molar-refractivity contribution in [2.24, 2.45) is 0 Å². The molecule has 32 heavy (non-hydrogen) atoms. The summed E-state index contributed by atoms with van der Waals surface area (Å²) in [5.41, 5.74) is 4.55. The summed E-state index contributed by atoms with van der Waals surface area (Å²) in [4.78, 5) is 13.8. The average Bonchev–Trinajstić information content (AvgIpc) is 3.41. The van der Waals surface area contributed by atoms with Gasteiger partial charge in [-0.2, -0.15) is 0 Å². The Labute approximate surface area is 196 Å². The van der Waals surface area contributed by atoms with Crippen LogP contribution >= 0.6 is 23.1 Å². The van der Waals surface area contributed by atoms with Crippen molar-refractivity contribution in [2.75, 3.05) is 5.75 Å². The first-order chi connectivity index (χ1) is 15.6. The highest BCUT2D eigenvalue weighted by Crippen LogP contribution is 2.39. The van der Waals surface area contributed by atoms with E-state index in [1.54, 1.807) is 11.3 Å². The van der Waals surface area contributed by atoms with Crippen LogP contribution in [0.2, 0.25) is 0 Å². The first kappa shape index (κ1) is 22.3. The number of carbonyl (C=O) groups is 1. The van der Waals surface area contributed by atoms with E-state index in [0.717, 1.165) is 28.7 Å². The summed E-state index contributed by atoms with van der Waals surface area (Å²) in [6.45, 7) is 6.94. The van der Waals surface area contributed by atoms with Crippen molar-refractivity contribution in [3.05, 3.63) is 76.5 Å². The molecule has 7 heteroatoms. The van der Waals surface area contributed by atoms with Crippen LogP contribution in [0.1, 0.15) is 30.3 Å². The second kappa shape index (κ2) is 10.1. The van der Waals surface area contributed by atoms with E-state index >= 15 is 0 Å². The first-order valence-corrected chi connectivity index (χ1v) is 12.5. The molecule has 2 aromatic heterocycles. The van der Waals surface area contributed by atoms with Gasteiger partial charge in [0.1, 0.15) is 0 Å². The predicted octanol–water partition coefficient (Wildman–Crippen LogP) is 5.97. The van der Waals surface area contributed by atoms with Crippen molar-refractivity contribution in [2.45, 2.75) is 38.5 Å². The van der Waals surface area contributed by atoms with E-state index in [1.807, 2.05) is 43.3 Å². The molecule has 0 saturated carbocycles. The molecule has 1 unspecified atom stereocenters. The van der Waals surface area contributed by atoms with E-state index in [1.165, 1.54) is 27.8 Å². The third-order valence-electron chi connectivity index (χ3n) is 5.32. The number of rotatable bonds is 8. The van der Waals surface area contributed by atoms with E-state index in [0.29, 0.717) is 5.75 Å². The van der Waals surface area contributed by atoms with Crippen molar-refractivity contribution >= 4 is 29.0 Å². The molecule has 2 aromatic carbocycles. The molecule has 0 saturated heterocycles. The van der Waals surface area contributed by atoms with Gasteiger partial charge in [-0.05, 0) is 31.9 Å². The number of aromatic nitrogens is 3. The van der Waals surface area contributed by atoms with Gasteiger partial charge in [0.05, 0.1) is 11.8 Å². The van der Waals surface area contributed by atoms with Crippen LogP contribution in [-0.2, 0) is 11.3 Å². The van der Waals surface area contributed by atoms with E-state index < -0.39 is 0 Å². The number of nitrogens with zero attached hydrogens (tertiary/aromatic N) is 3. The molecule has 0 bridgehead atoms. The topological polar surface area (TPSA) is 59.8 Å². The molecule has 0 aliphatic carbocycles. The van der Waals surface area contributed by atoms with Gasteiger partial charge in [-0.1, -0.05) is 72.4 Å². The minimum atomic E-state index is -0.0360. The highest BCUT2D eigenvalue weighted by molar-refractivity contribution is 7.99. The lowest BCUT2D eigenvalue weighted by Crippen LogP contribution is -2.28. The Bertz CT molecular complexity index is 1190. The van der Waals surface area contributed by atoms with Crippen LogP contribution in [0.25, 0.3) is 22.5 Å². The Morgan fingerprint density at radius 2 is 1.78 bits per heavy atom. The molecule has 0 aliphatic rings. The van der Waals surface area contributed by atoms with Gasteiger partial charge in [0, 0.05) is 27.9 Å². The lowest BCUT2D eigenvalue weighted by atomic mass is 10.0. The summed E-state index contributed by atoms with van der Waals surface area (Å²) >= 11 is 3.14. The number of hydrogen-bond acceptors (Lipinski definition) is 5. The molecule has 0 radical (unpaired) electrons. The normalized spacial score (nSPS) is 12.0. The number of thiophene rings is 1. The molecular formula is C25H26N4OS2. The highest BCUT2D eigenvalue weighted by Gasteiger charge is 2.20. The van der Waals surface area contributed by atoms with Crippen LogP contribution in [0.5, 0.6) is 0 Å². The number of hydrogen-bond donors (Lipinski definition) is 1. The zero-order chi connectivity index (χ0) is 22.5.